The lowest BCUT2D eigenvalue weighted by molar-refractivity contribution is 0.121. The maximum Gasteiger partial charge on any atom is 0.266 e. The maximum atomic E-state index is 8.73. The van der Waals surface area contributed by atoms with Gasteiger partial charge >= 0.3 is 0 Å². The van der Waals surface area contributed by atoms with E-state index in [9.17, 15) is 0 Å². The van der Waals surface area contributed by atoms with Gasteiger partial charge in [-0.05, 0) is 11.6 Å². The lowest BCUT2D eigenvalue weighted by atomic mass is 10.3. The van der Waals surface area contributed by atoms with Gasteiger partial charge in [-0.2, -0.15) is 10.2 Å². The Kier molecular flexibility index (Phi) is 2.26. The highest BCUT2D eigenvalue weighted by atomic mass is 16.5. The summed E-state index contributed by atoms with van der Waals surface area (Å²) in [4.78, 5) is 6.38. The van der Waals surface area contributed by atoms with E-state index in [1.165, 1.54) is 0 Å². The number of ether oxygens (including phenoxy) is 1. The SMILES string of the molecule is N#CC1CC1c1nc(N2CCOCC2)no1. The third-order valence-corrected chi connectivity index (χ3v) is 3.00. The Hall–Kier alpha value is -1.61. The van der Waals surface area contributed by atoms with Crippen molar-refractivity contribution in [2.45, 2.75) is 12.3 Å². The van der Waals surface area contributed by atoms with Crippen LogP contribution in [0, 0.1) is 17.2 Å². The van der Waals surface area contributed by atoms with Gasteiger partial charge in [0.2, 0.25) is 5.89 Å². The van der Waals surface area contributed by atoms with Crippen LogP contribution in [0.4, 0.5) is 5.95 Å². The van der Waals surface area contributed by atoms with Crippen LogP contribution in [0.3, 0.4) is 0 Å². The van der Waals surface area contributed by atoms with E-state index in [-0.39, 0.29) is 11.8 Å². The van der Waals surface area contributed by atoms with Crippen LogP contribution in [-0.4, -0.2) is 36.4 Å². The van der Waals surface area contributed by atoms with Gasteiger partial charge in [0.1, 0.15) is 0 Å². The lowest BCUT2D eigenvalue weighted by Crippen LogP contribution is -2.36. The van der Waals surface area contributed by atoms with Crippen LogP contribution in [0.5, 0.6) is 0 Å². The van der Waals surface area contributed by atoms with Crippen molar-refractivity contribution >= 4 is 5.95 Å². The van der Waals surface area contributed by atoms with Gasteiger partial charge in [-0.3, -0.25) is 0 Å². The summed E-state index contributed by atoms with van der Waals surface area (Å²) in [5, 5.41) is 12.7. The molecule has 6 nitrogen and oxygen atoms in total. The Bertz CT molecular complexity index is 419. The van der Waals surface area contributed by atoms with Crippen molar-refractivity contribution in [1.82, 2.24) is 10.1 Å². The quantitative estimate of drug-likeness (QED) is 0.723. The Balaban J connectivity index is 1.70. The number of aromatic nitrogens is 2. The molecule has 2 fully saturated rings. The molecule has 0 N–H and O–H groups in total. The normalized spacial score (nSPS) is 28.8. The third-order valence-electron chi connectivity index (χ3n) is 3.00. The number of morpholine rings is 1. The van der Waals surface area contributed by atoms with E-state index in [4.69, 9.17) is 14.5 Å². The molecular weight excluding hydrogens is 208 g/mol. The first-order chi connectivity index (χ1) is 7.88. The Morgan fingerprint density at radius 2 is 2.19 bits per heavy atom. The number of hydrogen-bond acceptors (Lipinski definition) is 6. The lowest BCUT2D eigenvalue weighted by Gasteiger charge is -2.24. The number of rotatable bonds is 2. The van der Waals surface area contributed by atoms with Gasteiger partial charge in [-0.1, -0.05) is 0 Å². The van der Waals surface area contributed by atoms with Crippen LogP contribution in [0.25, 0.3) is 0 Å². The Labute approximate surface area is 92.8 Å². The molecular formula is C10H12N4O2. The molecule has 1 aliphatic heterocycles. The Morgan fingerprint density at radius 1 is 1.38 bits per heavy atom. The number of nitrogens with zero attached hydrogens (tertiary/aromatic N) is 4. The first kappa shape index (κ1) is 9.60. The molecule has 2 unspecified atom stereocenters. The predicted molar refractivity (Wildman–Crippen MR) is 53.8 cm³/mol. The summed E-state index contributed by atoms with van der Waals surface area (Å²) in [5.74, 6) is 1.46. The van der Waals surface area contributed by atoms with Crippen LogP contribution >= 0.6 is 0 Å². The predicted octanol–water partition coefficient (Wildman–Crippen LogP) is 0.533. The van der Waals surface area contributed by atoms with Crippen molar-refractivity contribution in [2.75, 3.05) is 31.2 Å². The average molecular weight is 220 g/mol. The van der Waals surface area contributed by atoms with Crippen molar-refractivity contribution < 1.29 is 9.26 Å². The summed E-state index contributed by atoms with van der Waals surface area (Å²) in [6.07, 6.45) is 0.848. The molecule has 6 heteroatoms. The molecule has 1 saturated carbocycles. The minimum absolute atomic E-state index is 0.0676. The zero-order valence-electron chi connectivity index (χ0n) is 8.80. The van der Waals surface area contributed by atoms with Crippen LogP contribution in [0.2, 0.25) is 0 Å². The van der Waals surface area contributed by atoms with Crippen LogP contribution in [0.1, 0.15) is 18.2 Å². The summed E-state index contributed by atoms with van der Waals surface area (Å²) in [5.41, 5.74) is 0. The maximum absolute atomic E-state index is 8.73. The topological polar surface area (TPSA) is 75.2 Å². The largest absolute Gasteiger partial charge is 0.378 e. The van der Waals surface area contributed by atoms with Gasteiger partial charge < -0.3 is 14.2 Å². The van der Waals surface area contributed by atoms with Gasteiger partial charge in [0, 0.05) is 13.1 Å². The molecule has 1 aromatic heterocycles. The summed E-state index contributed by atoms with van der Waals surface area (Å²) in [6, 6.07) is 2.21. The van der Waals surface area contributed by atoms with Crippen molar-refractivity contribution in [3.8, 4) is 6.07 Å². The highest BCUT2D eigenvalue weighted by Gasteiger charge is 2.43. The van der Waals surface area contributed by atoms with Crippen LogP contribution in [0.15, 0.2) is 4.52 Å². The molecule has 2 aliphatic rings. The van der Waals surface area contributed by atoms with Gasteiger partial charge in [0.25, 0.3) is 5.95 Å². The molecule has 0 aromatic carbocycles. The highest BCUT2D eigenvalue weighted by Crippen LogP contribution is 2.46. The molecule has 0 amide bonds. The molecule has 1 saturated heterocycles. The van der Waals surface area contributed by atoms with Gasteiger partial charge in [0.15, 0.2) is 0 Å². The molecule has 3 rings (SSSR count). The van der Waals surface area contributed by atoms with E-state index >= 15 is 0 Å². The second kappa shape index (κ2) is 3.76. The molecule has 0 radical (unpaired) electrons. The van der Waals surface area contributed by atoms with E-state index < -0.39 is 0 Å². The highest BCUT2D eigenvalue weighted by molar-refractivity contribution is 5.30. The van der Waals surface area contributed by atoms with Crippen LogP contribution in [-0.2, 0) is 4.74 Å². The zero-order valence-corrected chi connectivity index (χ0v) is 8.80. The first-order valence-electron chi connectivity index (χ1n) is 5.44. The van der Waals surface area contributed by atoms with Crippen molar-refractivity contribution in [2.24, 2.45) is 5.92 Å². The van der Waals surface area contributed by atoms with Gasteiger partial charge in [-0.25, -0.2) is 0 Å². The van der Waals surface area contributed by atoms with Gasteiger partial charge in [0.05, 0.1) is 31.1 Å². The summed E-state index contributed by atoms with van der Waals surface area (Å²) < 4.78 is 10.4. The van der Waals surface area contributed by atoms with E-state index in [1.54, 1.807) is 0 Å². The number of hydrogen-bond donors (Lipinski definition) is 0. The molecule has 1 aliphatic carbocycles. The molecule has 16 heavy (non-hydrogen) atoms. The molecule has 84 valence electrons. The zero-order chi connectivity index (χ0) is 11.0. The summed E-state index contributed by atoms with van der Waals surface area (Å²) in [6.45, 7) is 3.00. The second-order valence-corrected chi connectivity index (χ2v) is 4.11. The fraction of sp³-hybridized carbons (Fsp3) is 0.700. The van der Waals surface area contributed by atoms with Crippen molar-refractivity contribution in [1.29, 1.82) is 5.26 Å². The monoisotopic (exact) mass is 220 g/mol. The number of nitriles is 1. The molecule has 1 aromatic rings. The fourth-order valence-electron chi connectivity index (χ4n) is 1.88. The second-order valence-electron chi connectivity index (χ2n) is 4.11. The van der Waals surface area contributed by atoms with Crippen LogP contribution < -0.4 is 4.90 Å². The molecule has 2 atom stereocenters. The minimum Gasteiger partial charge on any atom is -0.378 e. The van der Waals surface area contributed by atoms with E-state index in [0.717, 1.165) is 19.5 Å². The minimum atomic E-state index is 0.0676. The molecule has 0 spiro atoms. The van der Waals surface area contributed by atoms with E-state index in [2.05, 4.69) is 16.2 Å². The fourth-order valence-corrected chi connectivity index (χ4v) is 1.88. The Morgan fingerprint density at radius 3 is 2.88 bits per heavy atom. The molecule has 2 heterocycles. The average Bonchev–Trinajstić information content (AvgIpc) is 2.98. The van der Waals surface area contributed by atoms with Gasteiger partial charge in [-0.15, -0.1) is 0 Å². The third kappa shape index (κ3) is 1.63. The van der Waals surface area contributed by atoms with Crippen molar-refractivity contribution in [3.63, 3.8) is 0 Å². The van der Waals surface area contributed by atoms with Crippen molar-refractivity contribution in [3.05, 3.63) is 5.89 Å². The standard InChI is InChI=1S/C10H12N4O2/c11-6-7-5-8(7)9-12-10(13-16-9)14-1-3-15-4-2-14/h7-8H,1-5H2. The summed E-state index contributed by atoms with van der Waals surface area (Å²) in [7, 11) is 0. The van der Waals surface area contributed by atoms with E-state index in [0.29, 0.717) is 25.1 Å². The summed E-state index contributed by atoms with van der Waals surface area (Å²) >= 11 is 0. The smallest absolute Gasteiger partial charge is 0.266 e. The first-order valence-corrected chi connectivity index (χ1v) is 5.44. The molecule has 0 bridgehead atoms. The number of anilines is 1. The van der Waals surface area contributed by atoms with E-state index in [1.807, 2.05) is 4.90 Å².